The van der Waals surface area contributed by atoms with Crippen LogP contribution in [-0.2, 0) is 9.53 Å². The van der Waals surface area contributed by atoms with Crippen LogP contribution in [0.25, 0.3) is 18.2 Å². The molecule has 0 amide bonds. The van der Waals surface area contributed by atoms with Crippen molar-refractivity contribution in [1.82, 2.24) is 0 Å². The lowest BCUT2D eigenvalue weighted by Crippen LogP contribution is -2.01. The summed E-state index contributed by atoms with van der Waals surface area (Å²) >= 11 is 0. The first-order chi connectivity index (χ1) is 14.1. The first kappa shape index (κ1) is 21.9. The van der Waals surface area contributed by atoms with Gasteiger partial charge < -0.3 is 23.7 Å². The first-order valence-corrected chi connectivity index (χ1v) is 9.07. The topological polar surface area (TPSA) is 63.2 Å². The molecule has 2 aromatic rings. The highest BCUT2D eigenvalue weighted by atomic mass is 16.5. The number of hydrogen-bond donors (Lipinski definition) is 0. The molecule has 0 aliphatic heterocycles. The Morgan fingerprint density at radius 3 is 2.10 bits per heavy atom. The zero-order chi connectivity index (χ0) is 21.2. The largest absolute Gasteiger partial charge is 0.497 e. The number of rotatable bonds is 9. The van der Waals surface area contributed by atoms with E-state index >= 15 is 0 Å². The van der Waals surface area contributed by atoms with Crippen LogP contribution in [0.1, 0.15) is 23.6 Å². The number of ether oxygens (including phenoxy) is 5. The van der Waals surface area contributed by atoms with Gasteiger partial charge in [0.2, 0.25) is 5.75 Å². The minimum Gasteiger partial charge on any atom is -0.497 e. The van der Waals surface area contributed by atoms with E-state index < -0.39 is 5.97 Å². The van der Waals surface area contributed by atoms with Crippen molar-refractivity contribution in [1.29, 1.82) is 0 Å². The molecule has 0 heterocycles. The van der Waals surface area contributed by atoms with Gasteiger partial charge in [0.1, 0.15) is 5.75 Å². The maximum Gasteiger partial charge on any atom is 0.330 e. The minimum atomic E-state index is -0.436. The summed E-state index contributed by atoms with van der Waals surface area (Å²) in [5.74, 6) is 1.77. The van der Waals surface area contributed by atoms with Crippen LogP contribution in [0.2, 0.25) is 0 Å². The third kappa shape index (κ3) is 5.54. The summed E-state index contributed by atoms with van der Waals surface area (Å²) in [4.78, 5) is 11.8. The van der Waals surface area contributed by atoms with Crippen LogP contribution in [0.5, 0.6) is 23.0 Å². The van der Waals surface area contributed by atoms with E-state index in [-0.39, 0.29) is 0 Å². The van der Waals surface area contributed by atoms with Crippen LogP contribution >= 0.6 is 0 Å². The maximum atomic E-state index is 11.8. The lowest BCUT2D eigenvalue weighted by atomic mass is 10.0. The van der Waals surface area contributed by atoms with Crippen molar-refractivity contribution >= 4 is 24.2 Å². The van der Waals surface area contributed by atoms with Crippen LogP contribution in [-0.4, -0.2) is 41.0 Å². The van der Waals surface area contributed by atoms with Gasteiger partial charge in [-0.05, 0) is 42.3 Å². The quantitative estimate of drug-likeness (QED) is 0.353. The van der Waals surface area contributed by atoms with Crippen molar-refractivity contribution in [3.8, 4) is 23.0 Å². The Morgan fingerprint density at radius 2 is 1.55 bits per heavy atom. The molecular formula is C23H26O6. The van der Waals surface area contributed by atoms with Gasteiger partial charge >= 0.3 is 5.97 Å². The fraction of sp³-hybridized carbons (Fsp3) is 0.261. The lowest BCUT2D eigenvalue weighted by molar-refractivity contribution is -0.137. The Hall–Kier alpha value is -3.41. The van der Waals surface area contributed by atoms with E-state index in [0.717, 1.165) is 16.9 Å². The number of methoxy groups -OCH3 is 4. The van der Waals surface area contributed by atoms with Crippen molar-refractivity contribution in [3.63, 3.8) is 0 Å². The van der Waals surface area contributed by atoms with E-state index in [1.54, 1.807) is 27.2 Å². The van der Waals surface area contributed by atoms with Gasteiger partial charge in [-0.25, -0.2) is 4.79 Å². The minimum absolute atomic E-state index is 0.302. The number of carbonyl (C=O) groups excluding carboxylic acids is 1. The molecule has 0 aliphatic carbocycles. The van der Waals surface area contributed by atoms with Gasteiger partial charge in [-0.2, -0.15) is 0 Å². The average Bonchev–Trinajstić information content (AvgIpc) is 2.75. The second-order valence-electron chi connectivity index (χ2n) is 5.84. The number of benzene rings is 2. The number of hydrogen-bond acceptors (Lipinski definition) is 6. The molecule has 2 rings (SSSR count). The average molecular weight is 398 g/mol. The van der Waals surface area contributed by atoms with Gasteiger partial charge in [0, 0.05) is 11.6 Å². The monoisotopic (exact) mass is 398 g/mol. The summed E-state index contributed by atoms with van der Waals surface area (Å²) in [5, 5.41) is 0. The molecule has 0 atom stereocenters. The Balaban J connectivity index is 2.54. The molecular weight excluding hydrogens is 372 g/mol. The fourth-order valence-corrected chi connectivity index (χ4v) is 2.75. The van der Waals surface area contributed by atoms with Crippen LogP contribution in [0, 0.1) is 0 Å². The molecule has 0 bridgehead atoms. The molecule has 29 heavy (non-hydrogen) atoms. The molecule has 0 saturated carbocycles. The summed E-state index contributed by atoms with van der Waals surface area (Å²) in [5.41, 5.74) is 2.44. The molecule has 6 nitrogen and oxygen atoms in total. The first-order valence-electron chi connectivity index (χ1n) is 9.07. The van der Waals surface area contributed by atoms with Gasteiger partial charge in [-0.15, -0.1) is 0 Å². The molecule has 0 saturated heterocycles. The standard InChI is InChI=1S/C23H26O6/c1-6-29-21(24)14-13-19-17(10-7-16-8-11-18(25-2)12-9-16)15-20(26-3)23(28-5)22(19)27-4/h7-15H,6H2,1-5H3/b10-7+,14-13+. The second-order valence-corrected chi connectivity index (χ2v) is 5.84. The van der Waals surface area contributed by atoms with Gasteiger partial charge in [-0.1, -0.05) is 24.3 Å². The Bertz CT molecular complexity index is 881. The highest BCUT2D eigenvalue weighted by Crippen LogP contribution is 2.43. The summed E-state index contributed by atoms with van der Waals surface area (Å²) in [6, 6.07) is 9.49. The number of carbonyl (C=O) groups is 1. The van der Waals surface area contributed by atoms with Crippen molar-refractivity contribution in [2.75, 3.05) is 35.0 Å². The van der Waals surface area contributed by atoms with Crippen molar-refractivity contribution in [2.24, 2.45) is 0 Å². The molecule has 0 aromatic heterocycles. The Kier molecular flexibility index (Phi) is 8.15. The van der Waals surface area contributed by atoms with E-state index in [1.807, 2.05) is 42.5 Å². The van der Waals surface area contributed by atoms with Gasteiger partial charge in [0.25, 0.3) is 0 Å². The normalized spacial score (nSPS) is 10.9. The van der Waals surface area contributed by atoms with E-state index in [4.69, 9.17) is 23.7 Å². The second kappa shape index (κ2) is 10.8. The van der Waals surface area contributed by atoms with Crippen molar-refractivity contribution in [2.45, 2.75) is 6.92 Å². The summed E-state index contributed by atoms with van der Waals surface area (Å²) in [6.45, 7) is 2.06. The van der Waals surface area contributed by atoms with Gasteiger partial charge in [0.15, 0.2) is 11.5 Å². The molecule has 0 spiro atoms. The van der Waals surface area contributed by atoms with Crippen LogP contribution in [0.4, 0.5) is 0 Å². The highest BCUT2D eigenvalue weighted by Gasteiger charge is 2.18. The third-order valence-corrected chi connectivity index (χ3v) is 4.14. The predicted molar refractivity (Wildman–Crippen MR) is 114 cm³/mol. The van der Waals surface area contributed by atoms with E-state index in [1.165, 1.54) is 20.3 Å². The molecule has 0 N–H and O–H groups in total. The zero-order valence-corrected chi connectivity index (χ0v) is 17.4. The molecule has 154 valence electrons. The molecule has 6 heteroatoms. The third-order valence-electron chi connectivity index (χ3n) is 4.14. The van der Waals surface area contributed by atoms with Gasteiger partial charge in [0.05, 0.1) is 35.0 Å². The molecule has 0 fully saturated rings. The zero-order valence-electron chi connectivity index (χ0n) is 17.4. The highest BCUT2D eigenvalue weighted by molar-refractivity contribution is 5.90. The van der Waals surface area contributed by atoms with Gasteiger partial charge in [-0.3, -0.25) is 0 Å². The molecule has 0 aliphatic rings. The SMILES string of the molecule is CCOC(=O)/C=C/c1c(/C=C/c2ccc(OC)cc2)cc(OC)c(OC)c1OC. The lowest BCUT2D eigenvalue weighted by Gasteiger charge is -2.16. The molecule has 0 unspecified atom stereocenters. The molecule has 2 aromatic carbocycles. The summed E-state index contributed by atoms with van der Waals surface area (Å²) in [6.07, 6.45) is 6.86. The number of esters is 1. The van der Waals surface area contributed by atoms with Crippen LogP contribution in [0.15, 0.2) is 36.4 Å². The van der Waals surface area contributed by atoms with E-state index in [2.05, 4.69) is 0 Å². The van der Waals surface area contributed by atoms with E-state index in [9.17, 15) is 4.79 Å². The molecule has 0 radical (unpaired) electrons. The Labute approximate surface area is 171 Å². The maximum absolute atomic E-state index is 11.8. The van der Waals surface area contributed by atoms with Crippen molar-refractivity contribution in [3.05, 3.63) is 53.1 Å². The van der Waals surface area contributed by atoms with Crippen LogP contribution < -0.4 is 18.9 Å². The van der Waals surface area contributed by atoms with E-state index in [0.29, 0.717) is 29.4 Å². The fourth-order valence-electron chi connectivity index (χ4n) is 2.75. The summed E-state index contributed by atoms with van der Waals surface area (Å²) < 4.78 is 26.6. The van der Waals surface area contributed by atoms with Crippen LogP contribution in [0.3, 0.4) is 0 Å². The smallest absolute Gasteiger partial charge is 0.330 e. The predicted octanol–water partition coefficient (Wildman–Crippen LogP) is 4.47. The summed E-state index contributed by atoms with van der Waals surface area (Å²) in [7, 11) is 6.26. The van der Waals surface area contributed by atoms with Crippen molar-refractivity contribution < 1.29 is 28.5 Å². The Morgan fingerprint density at radius 1 is 0.862 bits per heavy atom.